The molecule has 0 atom stereocenters. The molecule has 0 aliphatic carbocycles. The number of sulfone groups is 1. The summed E-state index contributed by atoms with van der Waals surface area (Å²) in [5, 5.41) is 3.23. The highest BCUT2D eigenvalue weighted by Crippen LogP contribution is 2.36. The van der Waals surface area contributed by atoms with Crippen LogP contribution in [0.25, 0.3) is 11.1 Å². The molecule has 0 spiro atoms. The zero-order valence-corrected chi connectivity index (χ0v) is 17.9. The van der Waals surface area contributed by atoms with E-state index in [-0.39, 0.29) is 29.0 Å². The van der Waals surface area contributed by atoms with Crippen LogP contribution in [0.1, 0.15) is 12.8 Å². The van der Waals surface area contributed by atoms with Gasteiger partial charge in [-0.1, -0.05) is 18.2 Å². The number of piperidine rings is 1. The predicted molar refractivity (Wildman–Crippen MR) is 110 cm³/mol. The molecule has 0 amide bonds. The van der Waals surface area contributed by atoms with Crippen molar-refractivity contribution in [2.24, 2.45) is 5.92 Å². The molecule has 0 radical (unpaired) electrons. The van der Waals surface area contributed by atoms with Crippen LogP contribution in [0.3, 0.4) is 0 Å². The molecule has 0 bridgehead atoms. The number of hydrogen-bond donors (Lipinski definition) is 1. The lowest BCUT2D eigenvalue weighted by atomic mass is 9.99. The van der Waals surface area contributed by atoms with Gasteiger partial charge in [-0.3, -0.25) is 0 Å². The maximum atomic E-state index is 12.8. The summed E-state index contributed by atoms with van der Waals surface area (Å²) in [7, 11) is -3.33. The summed E-state index contributed by atoms with van der Waals surface area (Å²) in [6.07, 6.45) is -1.94. The first-order valence-corrected chi connectivity index (χ1v) is 11.0. The van der Waals surface area contributed by atoms with Gasteiger partial charge in [0.05, 0.1) is 11.5 Å². The van der Waals surface area contributed by atoms with E-state index in [0.29, 0.717) is 17.7 Å². The highest BCUT2D eigenvalue weighted by molar-refractivity contribution is 7.90. The third-order valence-electron chi connectivity index (χ3n) is 4.72. The molecule has 1 saturated heterocycles. The number of nitrogens with one attached hydrogen (secondary N) is 1. The molecule has 1 aliphatic heterocycles. The van der Waals surface area contributed by atoms with Crippen LogP contribution in [-0.4, -0.2) is 40.7 Å². The predicted octanol–water partition coefficient (Wildman–Crippen LogP) is 4.46. The second-order valence-electron chi connectivity index (χ2n) is 7.01. The average molecular weight is 466 g/mol. The largest absolute Gasteiger partial charge is 0.573 e. The van der Waals surface area contributed by atoms with Crippen molar-refractivity contribution in [3.05, 3.63) is 42.5 Å². The van der Waals surface area contributed by atoms with Gasteiger partial charge in [-0.25, -0.2) is 8.42 Å². The van der Waals surface area contributed by atoms with Crippen LogP contribution < -0.4 is 14.8 Å². The molecule has 3 rings (SSSR count). The van der Waals surface area contributed by atoms with Crippen LogP contribution in [0.5, 0.6) is 11.5 Å². The van der Waals surface area contributed by atoms with Crippen LogP contribution in [-0.2, 0) is 9.84 Å². The van der Waals surface area contributed by atoms with Crippen molar-refractivity contribution in [1.29, 1.82) is 0 Å². The summed E-state index contributed by atoms with van der Waals surface area (Å²) in [6, 6.07) is 10.3. The number of halogens is 4. The third-order valence-corrected chi connectivity index (χ3v) is 5.85. The van der Waals surface area contributed by atoms with Crippen LogP contribution in [0.15, 0.2) is 47.4 Å². The second-order valence-corrected chi connectivity index (χ2v) is 9.03. The first kappa shape index (κ1) is 24.3. The van der Waals surface area contributed by atoms with E-state index in [0.717, 1.165) is 32.2 Å². The number of ether oxygens (including phenoxy) is 2. The van der Waals surface area contributed by atoms with Crippen molar-refractivity contribution in [2.45, 2.75) is 24.1 Å². The zero-order chi connectivity index (χ0) is 21.1. The lowest BCUT2D eigenvalue weighted by molar-refractivity contribution is -0.275. The Morgan fingerprint density at radius 1 is 1.00 bits per heavy atom. The topological polar surface area (TPSA) is 64.6 Å². The van der Waals surface area contributed by atoms with Crippen LogP contribution in [0.4, 0.5) is 13.2 Å². The molecule has 2 aromatic rings. The molecule has 0 unspecified atom stereocenters. The monoisotopic (exact) mass is 465 g/mol. The fourth-order valence-corrected chi connectivity index (χ4v) is 3.79. The highest BCUT2D eigenvalue weighted by atomic mass is 35.5. The van der Waals surface area contributed by atoms with E-state index < -0.39 is 21.9 Å². The summed E-state index contributed by atoms with van der Waals surface area (Å²) in [5.74, 6) is -0.138. The Labute approximate surface area is 179 Å². The normalized spacial score (nSPS) is 15.3. The minimum absolute atomic E-state index is 0. The maximum Gasteiger partial charge on any atom is 0.573 e. The molecule has 30 heavy (non-hydrogen) atoms. The van der Waals surface area contributed by atoms with Crippen molar-refractivity contribution in [2.75, 3.05) is 26.0 Å². The quantitative estimate of drug-likeness (QED) is 0.682. The van der Waals surface area contributed by atoms with E-state index in [1.54, 1.807) is 12.1 Å². The molecule has 2 aromatic carbocycles. The third kappa shape index (κ3) is 6.78. The van der Waals surface area contributed by atoms with E-state index in [9.17, 15) is 21.6 Å². The first-order valence-electron chi connectivity index (χ1n) is 9.15. The van der Waals surface area contributed by atoms with Gasteiger partial charge in [0, 0.05) is 6.26 Å². The Bertz CT molecular complexity index is 944. The summed E-state index contributed by atoms with van der Waals surface area (Å²) >= 11 is 0. The number of hydrogen-bond acceptors (Lipinski definition) is 5. The standard InChI is InChI=1S/C20H22F3NO4S.ClH/c1-29(25,26)17-5-2-15(3-6-17)16-4-7-18(28-20(21,22)23)19(12-16)27-13-14-8-10-24-11-9-14;/h2-7,12,14,24H,8-11,13H2,1H3;1H. The van der Waals surface area contributed by atoms with Gasteiger partial charge in [-0.2, -0.15) is 0 Å². The van der Waals surface area contributed by atoms with Gasteiger partial charge in [-0.05, 0) is 67.2 Å². The van der Waals surface area contributed by atoms with E-state index in [1.165, 1.54) is 30.3 Å². The molecule has 0 saturated carbocycles. The molecule has 0 aromatic heterocycles. The minimum Gasteiger partial charge on any atom is -0.489 e. The minimum atomic E-state index is -4.83. The Balaban J connectivity index is 0.00000320. The van der Waals surface area contributed by atoms with Crippen LogP contribution in [0.2, 0.25) is 0 Å². The lowest BCUT2D eigenvalue weighted by Crippen LogP contribution is -2.30. The Hall–Kier alpha value is -1.97. The SMILES string of the molecule is CS(=O)(=O)c1ccc(-c2ccc(OC(F)(F)F)c(OCC3CCNCC3)c2)cc1.Cl. The fraction of sp³-hybridized carbons (Fsp3) is 0.400. The van der Waals surface area contributed by atoms with Gasteiger partial charge >= 0.3 is 6.36 Å². The highest BCUT2D eigenvalue weighted by Gasteiger charge is 2.32. The zero-order valence-electron chi connectivity index (χ0n) is 16.2. The molecule has 1 N–H and O–H groups in total. The summed E-state index contributed by atoms with van der Waals surface area (Å²) in [4.78, 5) is 0.167. The lowest BCUT2D eigenvalue weighted by Gasteiger charge is -2.23. The molecule has 5 nitrogen and oxygen atoms in total. The van der Waals surface area contributed by atoms with Crippen molar-refractivity contribution >= 4 is 22.2 Å². The van der Waals surface area contributed by atoms with E-state index in [1.807, 2.05) is 0 Å². The Morgan fingerprint density at radius 2 is 1.60 bits per heavy atom. The number of benzene rings is 2. The summed E-state index contributed by atoms with van der Waals surface area (Å²) in [6.45, 7) is 2.01. The van der Waals surface area contributed by atoms with Gasteiger partial charge in [0.2, 0.25) is 0 Å². The van der Waals surface area contributed by atoms with Gasteiger partial charge in [0.15, 0.2) is 21.3 Å². The second kappa shape index (κ2) is 9.89. The Morgan fingerprint density at radius 3 is 2.17 bits per heavy atom. The van der Waals surface area contributed by atoms with Gasteiger partial charge < -0.3 is 14.8 Å². The maximum absolute atomic E-state index is 12.8. The van der Waals surface area contributed by atoms with Crippen molar-refractivity contribution in [1.82, 2.24) is 5.32 Å². The molecular weight excluding hydrogens is 443 g/mol. The van der Waals surface area contributed by atoms with Gasteiger partial charge in [0.1, 0.15) is 0 Å². The van der Waals surface area contributed by atoms with Crippen LogP contribution in [0, 0.1) is 5.92 Å². The van der Waals surface area contributed by atoms with E-state index in [2.05, 4.69) is 10.1 Å². The van der Waals surface area contributed by atoms with Gasteiger partial charge in [-0.15, -0.1) is 25.6 Å². The average Bonchev–Trinajstić information content (AvgIpc) is 2.66. The molecule has 166 valence electrons. The molecule has 1 heterocycles. The number of rotatable bonds is 6. The Kier molecular flexibility index (Phi) is 8.01. The molecule has 1 aliphatic rings. The fourth-order valence-electron chi connectivity index (χ4n) is 3.16. The molecular formula is C20H23ClF3NO4S. The van der Waals surface area contributed by atoms with Crippen molar-refractivity contribution in [3.8, 4) is 22.6 Å². The molecule has 1 fully saturated rings. The van der Waals surface area contributed by atoms with Crippen molar-refractivity contribution < 1.29 is 31.1 Å². The summed E-state index contributed by atoms with van der Waals surface area (Å²) in [5.41, 5.74) is 1.25. The number of alkyl halides is 3. The van der Waals surface area contributed by atoms with E-state index in [4.69, 9.17) is 4.74 Å². The molecule has 10 heteroatoms. The van der Waals surface area contributed by atoms with Crippen molar-refractivity contribution in [3.63, 3.8) is 0 Å². The summed E-state index contributed by atoms with van der Waals surface area (Å²) < 4.78 is 71.3. The first-order chi connectivity index (χ1) is 13.6. The van der Waals surface area contributed by atoms with Gasteiger partial charge in [0.25, 0.3) is 0 Å². The smallest absolute Gasteiger partial charge is 0.489 e. The van der Waals surface area contributed by atoms with Crippen LogP contribution >= 0.6 is 12.4 Å². The van der Waals surface area contributed by atoms with E-state index >= 15 is 0 Å².